The fourth-order valence-electron chi connectivity index (χ4n) is 2.61. The largest absolute Gasteiger partial charge is 0.545 e. The lowest BCUT2D eigenvalue weighted by Crippen LogP contribution is -2.24. The first kappa shape index (κ1) is 16.8. The van der Waals surface area contributed by atoms with E-state index < -0.39 is 5.97 Å². The van der Waals surface area contributed by atoms with E-state index in [4.69, 9.17) is 0 Å². The van der Waals surface area contributed by atoms with Gasteiger partial charge in [-0.05, 0) is 35.4 Å². The van der Waals surface area contributed by atoms with Crippen LogP contribution in [0.3, 0.4) is 0 Å². The van der Waals surface area contributed by atoms with Gasteiger partial charge in [-0.2, -0.15) is 0 Å². The quantitative estimate of drug-likeness (QED) is 0.662. The number of carboxylic acids is 1. The minimum absolute atomic E-state index is 0.185. The van der Waals surface area contributed by atoms with Crippen LogP contribution in [0.25, 0.3) is 0 Å². The Bertz CT molecular complexity index is 764. The summed E-state index contributed by atoms with van der Waals surface area (Å²) < 4.78 is 0. The van der Waals surface area contributed by atoms with E-state index in [1.165, 1.54) is 0 Å². The van der Waals surface area contributed by atoms with E-state index in [0.29, 0.717) is 19.6 Å². The van der Waals surface area contributed by atoms with E-state index >= 15 is 0 Å². The molecule has 0 atom stereocenters. The lowest BCUT2D eigenvalue weighted by molar-refractivity contribution is -0.255. The molecule has 0 fully saturated rings. The molecule has 3 rings (SSSR count). The van der Waals surface area contributed by atoms with E-state index in [9.17, 15) is 9.90 Å². The summed E-state index contributed by atoms with van der Waals surface area (Å²) in [4.78, 5) is 21.9. The molecule has 0 radical (unpaired) electrons. The van der Waals surface area contributed by atoms with Gasteiger partial charge in [-0.1, -0.05) is 36.4 Å². The third kappa shape index (κ3) is 4.96. The van der Waals surface area contributed by atoms with E-state index in [-0.39, 0.29) is 5.56 Å². The lowest BCUT2D eigenvalue weighted by Gasteiger charge is -2.22. The molecular formula is C20H18N3O2-. The Hall–Kier alpha value is -3.05. The normalized spacial score (nSPS) is 10.8. The highest BCUT2D eigenvalue weighted by atomic mass is 16.4. The minimum Gasteiger partial charge on any atom is -0.545 e. The van der Waals surface area contributed by atoms with Crippen molar-refractivity contribution in [3.05, 3.63) is 95.6 Å². The van der Waals surface area contributed by atoms with Crippen molar-refractivity contribution in [3.63, 3.8) is 0 Å². The molecule has 25 heavy (non-hydrogen) atoms. The summed E-state index contributed by atoms with van der Waals surface area (Å²) in [6.45, 7) is 2.03. The SMILES string of the molecule is O=C([O-])c1ccc(CN(Cc2ccccn2)Cc2ccccn2)cc1. The van der Waals surface area contributed by atoms with Crippen LogP contribution in [-0.2, 0) is 19.6 Å². The summed E-state index contributed by atoms with van der Waals surface area (Å²) >= 11 is 0. The van der Waals surface area contributed by atoms with Gasteiger partial charge < -0.3 is 9.90 Å². The summed E-state index contributed by atoms with van der Waals surface area (Å²) in [6, 6.07) is 18.5. The van der Waals surface area contributed by atoms with Crippen molar-refractivity contribution in [2.75, 3.05) is 0 Å². The maximum Gasteiger partial charge on any atom is 0.0715 e. The van der Waals surface area contributed by atoms with E-state index in [1.54, 1.807) is 24.5 Å². The Kier molecular flexibility index (Phi) is 5.49. The highest BCUT2D eigenvalue weighted by molar-refractivity contribution is 5.85. The topological polar surface area (TPSA) is 69.2 Å². The van der Waals surface area contributed by atoms with E-state index in [0.717, 1.165) is 17.0 Å². The molecule has 0 aliphatic carbocycles. The van der Waals surface area contributed by atoms with Crippen LogP contribution in [0.15, 0.2) is 73.1 Å². The predicted octanol–water partition coefficient (Wildman–Crippen LogP) is 2.04. The Labute approximate surface area is 146 Å². The first-order valence-corrected chi connectivity index (χ1v) is 8.03. The standard InChI is InChI=1S/C20H19N3O2/c24-20(25)17-9-7-16(8-10-17)13-23(14-18-5-1-3-11-21-18)15-19-6-2-4-12-22-19/h1-12H,13-15H2,(H,24,25)/p-1. The van der Waals surface area contributed by atoms with Crippen LogP contribution >= 0.6 is 0 Å². The zero-order valence-corrected chi connectivity index (χ0v) is 13.7. The third-order valence-corrected chi connectivity index (χ3v) is 3.82. The maximum absolute atomic E-state index is 10.9. The Morgan fingerprint density at radius 3 is 1.80 bits per heavy atom. The zero-order valence-electron chi connectivity index (χ0n) is 13.7. The molecule has 0 spiro atoms. The van der Waals surface area contributed by atoms with Gasteiger partial charge >= 0.3 is 0 Å². The van der Waals surface area contributed by atoms with Crippen LogP contribution < -0.4 is 5.11 Å². The van der Waals surface area contributed by atoms with Crippen LogP contribution in [0.2, 0.25) is 0 Å². The number of aromatic carboxylic acids is 1. The first-order chi connectivity index (χ1) is 12.2. The molecule has 0 aliphatic rings. The first-order valence-electron chi connectivity index (χ1n) is 8.03. The molecule has 0 amide bonds. The lowest BCUT2D eigenvalue weighted by atomic mass is 10.1. The Morgan fingerprint density at radius 1 is 0.800 bits per heavy atom. The second-order valence-electron chi connectivity index (χ2n) is 5.77. The van der Waals surface area contributed by atoms with Gasteiger partial charge in [-0.25, -0.2) is 0 Å². The van der Waals surface area contributed by atoms with Gasteiger partial charge in [-0.15, -0.1) is 0 Å². The number of hydrogen-bond donors (Lipinski definition) is 0. The summed E-state index contributed by atoms with van der Waals surface area (Å²) in [7, 11) is 0. The molecular weight excluding hydrogens is 314 g/mol. The molecule has 0 saturated carbocycles. The van der Waals surface area contributed by atoms with Crippen LogP contribution in [0.1, 0.15) is 27.3 Å². The zero-order chi connectivity index (χ0) is 17.5. The molecule has 0 N–H and O–H groups in total. The van der Waals surface area contributed by atoms with Crippen molar-refractivity contribution in [1.82, 2.24) is 14.9 Å². The number of carboxylic acid groups (broad SMARTS) is 1. The molecule has 126 valence electrons. The highest BCUT2D eigenvalue weighted by Gasteiger charge is 2.10. The number of hydrogen-bond acceptors (Lipinski definition) is 5. The van der Waals surface area contributed by atoms with Crippen LogP contribution in [0, 0.1) is 0 Å². The van der Waals surface area contributed by atoms with E-state index in [2.05, 4.69) is 14.9 Å². The van der Waals surface area contributed by atoms with Crippen LogP contribution in [0.5, 0.6) is 0 Å². The van der Waals surface area contributed by atoms with Crippen molar-refractivity contribution < 1.29 is 9.90 Å². The number of rotatable bonds is 7. The van der Waals surface area contributed by atoms with Crippen molar-refractivity contribution >= 4 is 5.97 Å². The number of aromatic nitrogens is 2. The number of carbonyl (C=O) groups excluding carboxylic acids is 1. The van der Waals surface area contributed by atoms with E-state index in [1.807, 2.05) is 48.5 Å². The Balaban J connectivity index is 1.76. The van der Waals surface area contributed by atoms with Gasteiger partial charge in [0.1, 0.15) is 0 Å². The van der Waals surface area contributed by atoms with Gasteiger partial charge in [0, 0.05) is 32.0 Å². The number of nitrogens with zero attached hydrogens (tertiary/aromatic N) is 3. The monoisotopic (exact) mass is 332 g/mol. The molecule has 2 aromatic heterocycles. The highest BCUT2D eigenvalue weighted by Crippen LogP contribution is 2.13. The fraction of sp³-hybridized carbons (Fsp3) is 0.150. The third-order valence-electron chi connectivity index (χ3n) is 3.82. The van der Waals surface area contributed by atoms with Gasteiger partial charge in [-0.3, -0.25) is 14.9 Å². The van der Waals surface area contributed by atoms with Crippen molar-refractivity contribution in [2.45, 2.75) is 19.6 Å². The van der Waals surface area contributed by atoms with Crippen molar-refractivity contribution in [3.8, 4) is 0 Å². The summed E-state index contributed by atoms with van der Waals surface area (Å²) in [5.41, 5.74) is 3.16. The summed E-state index contributed by atoms with van der Waals surface area (Å²) in [5, 5.41) is 10.9. The molecule has 2 heterocycles. The van der Waals surface area contributed by atoms with Crippen LogP contribution in [-0.4, -0.2) is 20.8 Å². The average Bonchev–Trinajstić information content (AvgIpc) is 2.64. The minimum atomic E-state index is -1.16. The summed E-state index contributed by atoms with van der Waals surface area (Å²) in [5.74, 6) is -1.16. The van der Waals surface area contributed by atoms with Gasteiger partial charge in [0.15, 0.2) is 0 Å². The molecule has 0 saturated heterocycles. The molecule has 5 heteroatoms. The number of benzene rings is 1. The molecule has 0 unspecified atom stereocenters. The van der Waals surface area contributed by atoms with Gasteiger partial charge in [0.05, 0.1) is 17.4 Å². The van der Waals surface area contributed by atoms with Crippen molar-refractivity contribution in [1.29, 1.82) is 0 Å². The number of pyridine rings is 2. The van der Waals surface area contributed by atoms with Gasteiger partial charge in [0.25, 0.3) is 0 Å². The molecule has 3 aromatic rings. The smallest absolute Gasteiger partial charge is 0.0715 e. The summed E-state index contributed by atoms with van der Waals surface area (Å²) in [6.07, 6.45) is 3.56. The second kappa shape index (κ2) is 8.17. The molecule has 5 nitrogen and oxygen atoms in total. The maximum atomic E-state index is 10.9. The van der Waals surface area contributed by atoms with Gasteiger partial charge in [0.2, 0.25) is 0 Å². The molecule has 1 aromatic carbocycles. The van der Waals surface area contributed by atoms with Crippen LogP contribution in [0.4, 0.5) is 0 Å². The average molecular weight is 332 g/mol. The molecule has 0 aliphatic heterocycles. The molecule has 0 bridgehead atoms. The van der Waals surface area contributed by atoms with Crippen molar-refractivity contribution in [2.24, 2.45) is 0 Å². The fourth-order valence-corrected chi connectivity index (χ4v) is 2.61. The number of carbonyl (C=O) groups is 1. The second-order valence-corrected chi connectivity index (χ2v) is 5.77. The Morgan fingerprint density at radius 2 is 1.36 bits per heavy atom. The predicted molar refractivity (Wildman–Crippen MR) is 92.2 cm³/mol.